The molecule has 1 saturated heterocycles. The molecule has 1 aliphatic rings. The van der Waals surface area contributed by atoms with E-state index in [2.05, 4.69) is 34.1 Å². The summed E-state index contributed by atoms with van der Waals surface area (Å²) in [5.74, 6) is 0.00222. The minimum absolute atomic E-state index is 0.00222. The maximum absolute atomic E-state index is 12.7. The summed E-state index contributed by atoms with van der Waals surface area (Å²) in [4.78, 5) is 34.8. The number of hydrogen-bond acceptors (Lipinski definition) is 5. The number of fused-ring (bicyclic) bond motifs is 1. The normalized spacial score (nSPS) is 15.3. The number of benzene rings is 1. The van der Waals surface area contributed by atoms with Crippen LogP contribution in [0.25, 0.3) is 10.2 Å². The number of piperazine rings is 1. The van der Waals surface area contributed by atoms with Crippen molar-refractivity contribution in [3.8, 4) is 0 Å². The van der Waals surface area contributed by atoms with Crippen LogP contribution in [0.1, 0.15) is 16.8 Å². The van der Waals surface area contributed by atoms with Crippen LogP contribution in [0.2, 0.25) is 0 Å². The van der Waals surface area contributed by atoms with Crippen LogP contribution in [0.3, 0.4) is 0 Å². The van der Waals surface area contributed by atoms with Crippen molar-refractivity contribution in [3.63, 3.8) is 0 Å². The van der Waals surface area contributed by atoms with Gasteiger partial charge in [0.05, 0.1) is 5.39 Å². The fraction of sp³-hybridized carbons (Fsp3) is 0.381. The lowest BCUT2D eigenvalue weighted by Crippen LogP contribution is -2.49. The summed E-state index contributed by atoms with van der Waals surface area (Å²) < 4.78 is 1.54. The maximum Gasteiger partial charge on any atom is 0.270 e. The number of carbonyl (C=O) groups is 1. The standard InChI is InChI=1S/C21H24N4O2S/c1-15-12-16(2)22-20-19(15)21(27)25(28-20)14-18(26)24-10-8-23(9-11-24)13-17-6-4-3-5-7-17/h3-7,12H,8-11,13-14H2,1-2H3. The second-order valence-electron chi connectivity index (χ2n) is 7.34. The molecule has 1 aromatic carbocycles. The number of nitrogens with zero attached hydrogens (tertiary/aromatic N) is 4. The zero-order valence-electron chi connectivity index (χ0n) is 16.2. The van der Waals surface area contributed by atoms with E-state index < -0.39 is 0 Å². The van der Waals surface area contributed by atoms with E-state index in [1.54, 1.807) is 3.96 Å². The summed E-state index contributed by atoms with van der Waals surface area (Å²) in [5, 5.41) is 0.635. The predicted octanol–water partition coefficient (Wildman–Crippen LogP) is 2.42. The largest absolute Gasteiger partial charge is 0.339 e. The first-order valence-corrected chi connectivity index (χ1v) is 10.3. The molecule has 4 rings (SSSR count). The van der Waals surface area contributed by atoms with Gasteiger partial charge in [-0.2, -0.15) is 0 Å². The topological polar surface area (TPSA) is 58.4 Å². The molecular formula is C21H24N4O2S. The SMILES string of the molecule is Cc1cc(C)c2c(=O)n(CC(=O)N3CCN(Cc4ccccc4)CC3)sc2n1. The summed E-state index contributed by atoms with van der Waals surface area (Å²) in [6.07, 6.45) is 0. The Hall–Kier alpha value is -2.51. The van der Waals surface area contributed by atoms with Gasteiger partial charge in [0.15, 0.2) is 0 Å². The number of hydrogen-bond donors (Lipinski definition) is 0. The molecule has 0 aliphatic carbocycles. The van der Waals surface area contributed by atoms with E-state index in [0.29, 0.717) is 23.3 Å². The molecule has 0 saturated carbocycles. The number of rotatable bonds is 4. The van der Waals surface area contributed by atoms with E-state index in [1.807, 2.05) is 30.9 Å². The molecule has 0 radical (unpaired) electrons. The van der Waals surface area contributed by atoms with Gasteiger partial charge in [-0.05, 0) is 42.6 Å². The zero-order chi connectivity index (χ0) is 19.7. The quantitative estimate of drug-likeness (QED) is 0.680. The van der Waals surface area contributed by atoms with E-state index in [1.165, 1.54) is 17.1 Å². The Bertz CT molecular complexity index is 1050. The molecule has 146 valence electrons. The fourth-order valence-electron chi connectivity index (χ4n) is 3.72. The second-order valence-corrected chi connectivity index (χ2v) is 8.35. The van der Waals surface area contributed by atoms with Gasteiger partial charge < -0.3 is 4.90 Å². The highest BCUT2D eigenvalue weighted by Gasteiger charge is 2.23. The molecule has 0 atom stereocenters. The van der Waals surface area contributed by atoms with Crippen molar-refractivity contribution >= 4 is 27.7 Å². The van der Waals surface area contributed by atoms with Gasteiger partial charge in [0.25, 0.3) is 5.56 Å². The third-order valence-corrected chi connectivity index (χ3v) is 6.19. The predicted molar refractivity (Wildman–Crippen MR) is 112 cm³/mol. The highest BCUT2D eigenvalue weighted by Crippen LogP contribution is 2.19. The molecule has 1 aliphatic heterocycles. The second kappa shape index (κ2) is 7.85. The number of pyridine rings is 1. The van der Waals surface area contributed by atoms with Gasteiger partial charge in [0.1, 0.15) is 11.4 Å². The van der Waals surface area contributed by atoms with E-state index in [4.69, 9.17) is 0 Å². The van der Waals surface area contributed by atoms with Gasteiger partial charge in [-0.25, -0.2) is 4.98 Å². The van der Waals surface area contributed by atoms with Gasteiger partial charge in [0.2, 0.25) is 5.91 Å². The van der Waals surface area contributed by atoms with Crippen LogP contribution < -0.4 is 5.56 Å². The van der Waals surface area contributed by atoms with E-state index in [-0.39, 0.29) is 18.0 Å². The fourth-order valence-corrected chi connectivity index (χ4v) is 4.81. The first-order valence-electron chi connectivity index (χ1n) is 9.53. The van der Waals surface area contributed by atoms with E-state index in [9.17, 15) is 9.59 Å². The lowest BCUT2D eigenvalue weighted by molar-refractivity contribution is -0.133. The van der Waals surface area contributed by atoms with E-state index >= 15 is 0 Å². The Labute approximate surface area is 168 Å². The number of aryl methyl sites for hydroxylation is 2. The third kappa shape index (κ3) is 3.86. The van der Waals surface area contributed by atoms with Crippen molar-refractivity contribution in [1.82, 2.24) is 18.7 Å². The van der Waals surface area contributed by atoms with Crippen LogP contribution in [0.5, 0.6) is 0 Å². The molecule has 3 heterocycles. The van der Waals surface area contributed by atoms with Gasteiger partial charge in [-0.3, -0.25) is 18.4 Å². The molecule has 0 spiro atoms. The Morgan fingerprint density at radius 3 is 2.54 bits per heavy atom. The van der Waals surface area contributed by atoms with Crippen LogP contribution in [0.4, 0.5) is 0 Å². The van der Waals surface area contributed by atoms with Crippen molar-refractivity contribution in [2.75, 3.05) is 26.2 Å². The van der Waals surface area contributed by atoms with Gasteiger partial charge in [-0.1, -0.05) is 30.3 Å². The Morgan fingerprint density at radius 2 is 1.82 bits per heavy atom. The molecule has 0 bridgehead atoms. The number of amides is 1. The Balaban J connectivity index is 1.40. The molecule has 3 aromatic rings. The molecule has 0 unspecified atom stereocenters. The smallest absolute Gasteiger partial charge is 0.270 e. The van der Waals surface area contributed by atoms with Crippen LogP contribution in [-0.2, 0) is 17.9 Å². The van der Waals surface area contributed by atoms with Crippen molar-refractivity contribution in [2.24, 2.45) is 0 Å². The van der Waals surface area contributed by atoms with Crippen molar-refractivity contribution < 1.29 is 4.79 Å². The highest BCUT2D eigenvalue weighted by atomic mass is 32.1. The highest BCUT2D eigenvalue weighted by molar-refractivity contribution is 7.13. The zero-order valence-corrected chi connectivity index (χ0v) is 17.0. The van der Waals surface area contributed by atoms with Crippen LogP contribution >= 0.6 is 11.5 Å². The molecule has 7 heteroatoms. The van der Waals surface area contributed by atoms with Crippen molar-refractivity contribution in [2.45, 2.75) is 26.9 Å². The Kier molecular flexibility index (Phi) is 5.28. The monoisotopic (exact) mass is 396 g/mol. The van der Waals surface area contributed by atoms with Crippen LogP contribution in [0, 0.1) is 13.8 Å². The molecule has 1 amide bonds. The summed E-state index contributed by atoms with van der Waals surface area (Å²) in [5.41, 5.74) is 2.99. The van der Waals surface area contributed by atoms with Crippen molar-refractivity contribution in [3.05, 3.63) is 63.6 Å². The van der Waals surface area contributed by atoms with Crippen LogP contribution in [-0.4, -0.2) is 50.8 Å². The van der Waals surface area contributed by atoms with Gasteiger partial charge in [0, 0.05) is 38.4 Å². The summed E-state index contributed by atoms with van der Waals surface area (Å²) in [6, 6.07) is 12.3. The van der Waals surface area contributed by atoms with Crippen LogP contribution in [0.15, 0.2) is 41.2 Å². The summed E-state index contributed by atoms with van der Waals surface area (Å²) in [6.45, 7) is 7.93. The average molecular weight is 397 g/mol. The summed E-state index contributed by atoms with van der Waals surface area (Å²) >= 11 is 1.28. The number of aromatic nitrogens is 2. The van der Waals surface area contributed by atoms with Gasteiger partial charge >= 0.3 is 0 Å². The average Bonchev–Trinajstić information content (AvgIpc) is 2.98. The number of carbonyl (C=O) groups excluding carboxylic acids is 1. The maximum atomic E-state index is 12.7. The van der Waals surface area contributed by atoms with Crippen molar-refractivity contribution in [1.29, 1.82) is 0 Å². The summed E-state index contributed by atoms with van der Waals surface area (Å²) in [7, 11) is 0. The molecule has 2 aromatic heterocycles. The lowest BCUT2D eigenvalue weighted by Gasteiger charge is -2.34. The molecule has 0 N–H and O–H groups in total. The minimum Gasteiger partial charge on any atom is -0.339 e. The first kappa shape index (κ1) is 18.8. The molecule has 28 heavy (non-hydrogen) atoms. The molecular weight excluding hydrogens is 372 g/mol. The molecule has 6 nitrogen and oxygen atoms in total. The third-order valence-electron chi connectivity index (χ3n) is 5.20. The minimum atomic E-state index is -0.110. The lowest BCUT2D eigenvalue weighted by atomic mass is 10.2. The van der Waals surface area contributed by atoms with Gasteiger partial charge in [-0.15, -0.1) is 0 Å². The first-order chi connectivity index (χ1) is 13.5. The van der Waals surface area contributed by atoms with E-state index in [0.717, 1.165) is 30.9 Å². The molecule has 1 fully saturated rings. The Morgan fingerprint density at radius 1 is 1.11 bits per heavy atom.